The summed E-state index contributed by atoms with van der Waals surface area (Å²) in [5.41, 5.74) is 2.42. The topological polar surface area (TPSA) is 87.1 Å². The number of carbonyl (C=O) groups is 3. The maximum atomic E-state index is 13.6. The highest BCUT2D eigenvalue weighted by molar-refractivity contribution is 6.07. The van der Waals surface area contributed by atoms with Crippen molar-refractivity contribution in [1.82, 2.24) is 9.47 Å². The van der Waals surface area contributed by atoms with Crippen LogP contribution in [0.15, 0.2) is 24.3 Å². The highest BCUT2D eigenvalue weighted by Crippen LogP contribution is 2.25. The van der Waals surface area contributed by atoms with E-state index in [4.69, 9.17) is 14.2 Å². The summed E-state index contributed by atoms with van der Waals surface area (Å²) in [6.07, 6.45) is 0.591. The first-order chi connectivity index (χ1) is 15.7. The Hall–Kier alpha value is -3.13. The fourth-order valence-corrected chi connectivity index (χ4v) is 3.93. The fraction of sp³-hybridized carbons (Fsp3) is 0.480. The second-order valence-electron chi connectivity index (χ2n) is 7.80. The smallest absolute Gasteiger partial charge is 0.354 e. The molecule has 0 spiro atoms. The van der Waals surface area contributed by atoms with Crippen LogP contribution in [0.25, 0.3) is 0 Å². The number of benzene rings is 1. The lowest BCUT2D eigenvalue weighted by atomic mass is 9.99. The van der Waals surface area contributed by atoms with Crippen molar-refractivity contribution in [3.63, 3.8) is 0 Å². The molecule has 0 fully saturated rings. The average molecular weight is 459 g/mol. The van der Waals surface area contributed by atoms with E-state index in [9.17, 15) is 14.4 Å². The van der Waals surface area contributed by atoms with Crippen LogP contribution in [0.2, 0.25) is 0 Å². The Bertz CT molecular complexity index is 993. The number of ether oxygens (including phenoxy) is 3. The molecule has 1 unspecified atom stereocenters. The van der Waals surface area contributed by atoms with Crippen LogP contribution in [0.4, 0.5) is 0 Å². The molecular weight excluding hydrogens is 424 g/mol. The fourth-order valence-electron chi connectivity index (χ4n) is 3.93. The summed E-state index contributed by atoms with van der Waals surface area (Å²) >= 11 is 0. The summed E-state index contributed by atoms with van der Waals surface area (Å²) in [4.78, 5) is 40.8. The third kappa shape index (κ3) is 5.63. The van der Waals surface area contributed by atoms with E-state index in [1.165, 1.54) is 7.11 Å². The minimum Gasteiger partial charge on any atom is -0.497 e. The minimum atomic E-state index is -0.744. The highest BCUT2D eigenvalue weighted by Gasteiger charge is 2.32. The molecule has 180 valence electrons. The molecule has 33 heavy (non-hydrogen) atoms. The standard InChI is InChI=1S/C25H34N2O6/c1-8-33-15-9-14-27(24(29)19-10-12-20(31-6)13-11-19)18(4)23(28)21-16(2)22(25(30)32-7)26(5)17(21)3/h10-13,18H,8-9,14-15H2,1-7H3. The minimum absolute atomic E-state index is 0.228. The number of hydrogen-bond donors (Lipinski definition) is 0. The zero-order chi connectivity index (χ0) is 24.7. The van der Waals surface area contributed by atoms with Crippen LogP contribution in [0.3, 0.4) is 0 Å². The molecule has 0 aliphatic heterocycles. The van der Waals surface area contributed by atoms with Gasteiger partial charge in [0.1, 0.15) is 11.4 Å². The zero-order valence-electron chi connectivity index (χ0n) is 20.6. The second kappa shape index (κ2) is 11.7. The monoisotopic (exact) mass is 458 g/mol. The lowest BCUT2D eigenvalue weighted by Gasteiger charge is -2.29. The Morgan fingerprint density at radius 1 is 1.09 bits per heavy atom. The molecule has 1 amide bonds. The summed E-state index contributed by atoms with van der Waals surface area (Å²) < 4.78 is 17.1. The van der Waals surface area contributed by atoms with Gasteiger partial charge >= 0.3 is 5.97 Å². The van der Waals surface area contributed by atoms with Gasteiger partial charge in [0.05, 0.1) is 20.3 Å². The number of esters is 1. The number of rotatable bonds is 11. The van der Waals surface area contributed by atoms with Gasteiger partial charge in [-0.3, -0.25) is 9.59 Å². The summed E-state index contributed by atoms with van der Waals surface area (Å²) in [7, 11) is 4.59. The van der Waals surface area contributed by atoms with Gasteiger partial charge in [0.15, 0.2) is 5.78 Å². The van der Waals surface area contributed by atoms with E-state index in [0.29, 0.717) is 60.0 Å². The Morgan fingerprint density at radius 2 is 1.73 bits per heavy atom. The molecule has 0 aliphatic rings. The maximum absolute atomic E-state index is 13.6. The molecule has 0 saturated heterocycles. The van der Waals surface area contributed by atoms with E-state index in [1.807, 2.05) is 6.92 Å². The van der Waals surface area contributed by atoms with Gasteiger partial charge in [0.25, 0.3) is 5.91 Å². The Kier molecular flexibility index (Phi) is 9.22. The first-order valence-corrected chi connectivity index (χ1v) is 11.0. The van der Waals surface area contributed by atoms with Crippen LogP contribution in [-0.4, -0.2) is 67.1 Å². The SMILES string of the molecule is CCOCCCN(C(=O)c1ccc(OC)cc1)C(C)C(=O)c1c(C)c(C(=O)OC)n(C)c1C. The van der Waals surface area contributed by atoms with Crippen LogP contribution in [0, 0.1) is 13.8 Å². The molecule has 1 atom stereocenters. The van der Waals surface area contributed by atoms with Crippen molar-refractivity contribution in [2.45, 2.75) is 40.2 Å². The van der Waals surface area contributed by atoms with Gasteiger partial charge in [-0.1, -0.05) is 0 Å². The number of ketones is 1. The molecule has 2 rings (SSSR count). The predicted molar refractivity (Wildman–Crippen MR) is 125 cm³/mol. The lowest BCUT2D eigenvalue weighted by molar-refractivity contribution is 0.0585. The van der Waals surface area contributed by atoms with Crippen LogP contribution in [0.5, 0.6) is 5.75 Å². The average Bonchev–Trinajstić information content (AvgIpc) is 3.05. The van der Waals surface area contributed by atoms with Crippen molar-refractivity contribution in [2.75, 3.05) is 34.0 Å². The second-order valence-corrected chi connectivity index (χ2v) is 7.80. The molecule has 0 radical (unpaired) electrons. The van der Waals surface area contributed by atoms with E-state index in [1.54, 1.807) is 68.7 Å². The molecule has 1 aromatic carbocycles. The number of amides is 1. The van der Waals surface area contributed by atoms with Crippen molar-refractivity contribution < 1.29 is 28.6 Å². The van der Waals surface area contributed by atoms with E-state index >= 15 is 0 Å². The van der Waals surface area contributed by atoms with Gasteiger partial charge in [-0.2, -0.15) is 0 Å². The summed E-state index contributed by atoms with van der Waals surface area (Å²) in [6.45, 7) is 8.56. The Balaban J connectivity index is 2.41. The van der Waals surface area contributed by atoms with Crippen molar-refractivity contribution >= 4 is 17.7 Å². The third-order valence-electron chi connectivity index (χ3n) is 5.89. The zero-order valence-corrected chi connectivity index (χ0v) is 20.6. The summed E-state index contributed by atoms with van der Waals surface area (Å²) in [5, 5.41) is 0. The molecule has 8 heteroatoms. The summed E-state index contributed by atoms with van der Waals surface area (Å²) in [5.74, 6) is -0.347. The van der Waals surface area contributed by atoms with Gasteiger partial charge in [-0.25, -0.2) is 4.79 Å². The van der Waals surface area contributed by atoms with Gasteiger partial charge in [0.2, 0.25) is 0 Å². The molecule has 0 bridgehead atoms. The van der Waals surface area contributed by atoms with Gasteiger partial charge in [-0.15, -0.1) is 0 Å². The number of aromatic nitrogens is 1. The largest absolute Gasteiger partial charge is 0.497 e. The van der Waals surface area contributed by atoms with E-state index in [-0.39, 0.29) is 11.7 Å². The number of hydrogen-bond acceptors (Lipinski definition) is 6. The number of carbonyl (C=O) groups excluding carboxylic acids is 3. The molecule has 0 N–H and O–H groups in total. The van der Waals surface area contributed by atoms with Crippen LogP contribution < -0.4 is 4.74 Å². The van der Waals surface area contributed by atoms with E-state index in [2.05, 4.69) is 0 Å². The predicted octanol–water partition coefficient (Wildman–Crippen LogP) is 3.58. The maximum Gasteiger partial charge on any atom is 0.354 e. The highest BCUT2D eigenvalue weighted by atomic mass is 16.5. The number of nitrogens with zero attached hydrogens (tertiary/aromatic N) is 2. The van der Waals surface area contributed by atoms with Gasteiger partial charge in [0, 0.05) is 43.6 Å². The molecule has 1 aromatic heterocycles. The molecule has 1 heterocycles. The van der Waals surface area contributed by atoms with Crippen molar-refractivity contribution in [3.8, 4) is 5.75 Å². The first kappa shape index (κ1) is 26.1. The van der Waals surface area contributed by atoms with Crippen LogP contribution in [-0.2, 0) is 16.5 Å². The van der Waals surface area contributed by atoms with Gasteiger partial charge in [-0.05, 0) is 63.9 Å². The molecule has 2 aromatic rings. The molecule has 8 nitrogen and oxygen atoms in total. The molecular formula is C25H34N2O6. The Morgan fingerprint density at radius 3 is 2.27 bits per heavy atom. The Labute approximate surface area is 195 Å². The summed E-state index contributed by atoms with van der Waals surface area (Å²) in [6, 6.07) is 6.05. The van der Waals surface area contributed by atoms with Gasteiger partial charge < -0.3 is 23.7 Å². The first-order valence-electron chi connectivity index (χ1n) is 11.0. The molecule has 0 aliphatic carbocycles. The third-order valence-corrected chi connectivity index (χ3v) is 5.89. The van der Waals surface area contributed by atoms with Crippen LogP contribution >= 0.6 is 0 Å². The quantitative estimate of drug-likeness (QED) is 0.291. The lowest BCUT2D eigenvalue weighted by Crippen LogP contribution is -2.44. The van der Waals surface area contributed by atoms with Crippen molar-refractivity contribution in [2.24, 2.45) is 7.05 Å². The van der Waals surface area contributed by atoms with Crippen molar-refractivity contribution in [3.05, 3.63) is 52.3 Å². The van der Waals surface area contributed by atoms with E-state index in [0.717, 1.165) is 0 Å². The normalized spacial score (nSPS) is 11.7. The number of Topliss-reactive ketones (excluding diaryl/α,β-unsaturated/α-hetero) is 1. The molecule has 0 saturated carbocycles. The van der Waals surface area contributed by atoms with Crippen molar-refractivity contribution in [1.29, 1.82) is 0 Å². The van der Waals surface area contributed by atoms with E-state index < -0.39 is 12.0 Å². The van der Waals surface area contributed by atoms with Crippen LogP contribution in [0.1, 0.15) is 62.7 Å². The number of methoxy groups -OCH3 is 2.